The van der Waals surface area contributed by atoms with Crippen molar-refractivity contribution in [3.8, 4) is 0 Å². The van der Waals surface area contributed by atoms with Gasteiger partial charge >= 0.3 is 5.97 Å². The fourth-order valence-electron chi connectivity index (χ4n) is 0.612. The third-order valence-corrected chi connectivity index (χ3v) is 1.04. The maximum Gasteiger partial charge on any atom is 0.331 e. The van der Waals surface area contributed by atoms with Crippen molar-refractivity contribution >= 4 is 5.97 Å². The predicted molar refractivity (Wildman–Crippen MR) is 42.5 cm³/mol. The number of hydrogen-bond donors (Lipinski definition) is 2. The van der Waals surface area contributed by atoms with Gasteiger partial charge in [0.05, 0.1) is 0 Å². The van der Waals surface area contributed by atoms with Gasteiger partial charge in [-0.25, -0.2) is 4.79 Å². The van der Waals surface area contributed by atoms with Crippen LogP contribution in [0.15, 0.2) is 12.7 Å². The van der Waals surface area contributed by atoms with Crippen molar-refractivity contribution in [1.29, 1.82) is 0 Å². The molecule has 0 aliphatic carbocycles. The Labute approximate surface area is 66.2 Å². The van der Waals surface area contributed by atoms with Crippen LogP contribution in [-0.2, 0) is 9.53 Å². The van der Waals surface area contributed by atoms with Gasteiger partial charge in [-0.15, -0.1) is 0 Å². The van der Waals surface area contributed by atoms with E-state index in [-0.39, 0.29) is 6.04 Å². The molecule has 0 saturated carbocycles. The van der Waals surface area contributed by atoms with Crippen molar-refractivity contribution in [3.63, 3.8) is 0 Å². The second-order valence-corrected chi connectivity index (χ2v) is 2.39. The first kappa shape index (κ1) is 10.1. The van der Waals surface area contributed by atoms with Crippen LogP contribution < -0.4 is 11.5 Å². The topological polar surface area (TPSA) is 78.3 Å². The van der Waals surface area contributed by atoms with Crippen molar-refractivity contribution < 1.29 is 9.53 Å². The smallest absolute Gasteiger partial charge is 0.331 e. The molecule has 0 spiro atoms. The molecule has 11 heavy (non-hydrogen) atoms. The van der Waals surface area contributed by atoms with Gasteiger partial charge in [-0.3, -0.25) is 5.73 Å². The van der Waals surface area contributed by atoms with Crippen molar-refractivity contribution in [2.45, 2.75) is 25.6 Å². The molecule has 64 valence electrons. The summed E-state index contributed by atoms with van der Waals surface area (Å²) >= 11 is 0. The summed E-state index contributed by atoms with van der Waals surface area (Å²) in [6, 6.07) is -0.0670. The number of ether oxygens (including phenoxy) is 1. The van der Waals surface area contributed by atoms with Gasteiger partial charge < -0.3 is 10.5 Å². The summed E-state index contributed by atoms with van der Waals surface area (Å²) in [5, 5.41) is 0. The van der Waals surface area contributed by atoms with Crippen molar-refractivity contribution in [3.05, 3.63) is 12.7 Å². The molecule has 0 aromatic rings. The first-order valence-electron chi connectivity index (χ1n) is 3.40. The van der Waals surface area contributed by atoms with E-state index in [1.165, 1.54) is 0 Å². The van der Waals surface area contributed by atoms with Gasteiger partial charge in [0.15, 0.2) is 6.23 Å². The van der Waals surface area contributed by atoms with Gasteiger partial charge in [0.25, 0.3) is 0 Å². The van der Waals surface area contributed by atoms with Gasteiger partial charge in [0.1, 0.15) is 0 Å². The number of carbonyl (C=O) groups excluding carboxylic acids is 1. The van der Waals surface area contributed by atoms with E-state index < -0.39 is 12.2 Å². The Kier molecular flexibility index (Phi) is 4.49. The molecule has 0 saturated heterocycles. The quantitative estimate of drug-likeness (QED) is 0.335. The minimum atomic E-state index is -0.625. The first-order chi connectivity index (χ1) is 5.06. The van der Waals surface area contributed by atoms with E-state index in [1.54, 1.807) is 6.92 Å². The summed E-state index contributed by atoms with van der Waals surface area (Å²) in [5.41, 5.74) is 10.8. The number of nitrogens with two attached hydrogens (primary N) is 2. The fourth-order valence-corrected chi connectivity index (χ4v) is 0.612. The molecule has 0 aromatic heterocycles. The van der Waals surface area contributed by atoms with Gasteiger partial charge in [-0.1, -0.05) is 6.58 Å². The largest absolute Gasteiger partial charge is 0.444 e. The third kappa shape index (κ3) is 5.57. The first-order valence-corrected chi connectivity index (χ1v) is 3.40. The van der Waals surface area contributed by atoms with Crippen LogP contribution in [-0.4, -0.2) is 18.2 Å². The van der Waals surface area contributed by atoms with Crippen molar-refractivity contribution in [2.75, 3.05) is 0 Å². The number of esters is 1. The van der Waals surface area contributed by atoms with Crippen LogP contribution in [0, 0.1) is 0 Å². The Morgan fingerprint density at radius 2 is 2.27 bits per heavy atom. The van der Waals surface area contributed by atoms with Crippen LogP contribution >= 0.6 is 0 Å². The lowest BCUT2D eigenvalue weighted by Gasteiger charge is -2.13. The highest BCUT2D eigenvalue weighted by Crippen LogP contribution is 1.95. The van der Waals surface area contributed by atoms with Crippen LogP contribution in [0.2, 0.25) is 0 Å². The van der Waals surface area contributed by atoms with Crippen LogP contribution in [0.1, 0.15) is 13.3 Å². The highest BCUT2D eigenvalue weighted by atomic mass is 16.6. The summed E-state index contributed by atoms with van der Waals surface area (Å²) in [7, 11) is 0. The molecule has 0 heterocycles. The van der Waals surface area contributed by atoms with E-state index in [9.17, 15) is 4.79 Å². The van der Waals surface area contributed by atoms with E-state index in [2.05, 4.69) is 11.3 Å². The van der Waals surface area contributed by atoms with Gasteiger partial charge in [0, 0.05) is 18.5 Å². The lowest BCUT2D eigenvalue weighted by molar-refractivity contribution is -0.143. The van der Waals surface area contributed by atoms with E-state index in [0.29, 0.717) is 6.42 Å². The summed E-state index contributed by atoms with van der Waals surface area (Å²) in [6.07, 6.45) is 0.904. The molecule has 0 aliphatic rings. The predicted octanol–water partition coefficient (Wildman–Crippen LogP) is -0.262. The van der Waals surface area contributed by atoms with E-state index >= 15 is 0 Å². The molecule has 4 heteroatoms. The molecule has 4 N–H and O–H groups in total. The summed E-state index contributed by atoms with van der Waals surface area (Å²) in [4.78, 5) is 10.5. The molecule has 0 aliphatic heterocycles. The number of hydrogen-bond acceptors (Lipinski definition) is 4. The Balaban J connectivity index is 3.59. The Hall–Kier alpha value is -0.870. The Bertz CT molecular complexity index is 145. The normalized spacial score (nSPS) is 15.2. The third-order valence-electron chi connectivity index (χ3n) is 1.04. The van der Waals surface area contributed by atoms with E-state index in [1.807, 2.05) is 0 Å². The minimum absolute atomic E-state index is 0.0670. The molecular formula is C7H14N2O2. The molecule has 0 radical (unpaired) electrons. The van der Waals surface area contributed by atoms with Crippen LogP contribution in [0.25, 0.3) is 0 Å². The maximum atomic E-state index is 10.5. The molecule has 2 unspecified atom stereocenters. The van der Waals surface area contributed by atoms with Gasteiger partial charge in [-0.05, 0) is 6.92 Å². The summed E-state index contributed by atoms with van der Waals surface area (Å²) in [6.45, 7) is 5.02. The fraction of sp³-hybridized carbons (Fsp3) is 0.571. The average Bonchev–Trinajstić information content (AvgIpc) is 1.85. The van der Waals surface area contributed by atoms with Gasteiger partial charge in [0.2, 0.25) is 0 Å². The zero-order valence-electron chi connectivity index (χ0n) is 6.62. The van der Waals surface area contributed by atoms with Crippen LogP contribution in [0.4, 0.5) is 0 Å². The number of carbonyl (C=O) groups is 1. The maximum absolute atomic E-state index is 10.5. The second-order valence-electron chi connectivity index (χ2n) is 2.39. The van der Waals surface area contributed by atoms with Crippen molar-refractivity contribution in [1.82, 2.24) is 0 Å². The monoisotopic (exact) mass is 158 g/mol. The minimum Gasteiger partial charge on any atom is -0.444 e. The molecule has 4 nitrogen and oxygen atoms in total. The Morgan fingerprint density at radius 1 is 1.73 bits per heavy atom. The molecule has 0 fully saturated rings. The SMILES string of the molecule is C=CC(=O)OC(N)CC(C)N. The average molecular weight is 158 g/mol. The van der Waals surface area contributed by atoms with Gasteiger partial charge in [-0.2, -0.15) is 0 Å². The zero-order valence-corrected chi connectivity index (χ0v) is 6.62. The molecule has 0 aromatic carbocycles. The molecular weight excluding hydrogens is 144 g/mol. The van der Waals surface area contributed by atoms with Crippen LogP contribution in [0.5, 0.6) is 0 Å². The standard InChI is InChI=1S/C7H14N2O2/c1-3-7(10)11-6(9)4-5(2)8/h3,5-6H,1,4,8-9H2,2H3. The van der Waals surface area contributed by atoms with Crippen molar-refractivity contribution in [2.24, 2.45) is 11.5 Å². The van der Waals surface area contributed by atoms with E-state index in [4.69, 9.17) is 11.5 Å². The lowest BCUT2D eigenvalue weighted by Crippen LogP contribution is -2.33. The second kappa shape index (κ2) is 4.87. The molecule has 2 atom stereocenters. The highest BCUT2D eigenvalue weighted by molar-refractivity contribution is 5.81. The summed E-state index contributed by atoms with van der Waals surface area (Å²) in [5.74, 6) is -0.516. The molecule has 0 rings (SSSR count). The number of rotatable bonds is 4. The highest BCUT2D eigenvalue weighted by Gasteiger charge is 2.08. The summed E-state index contributed by atoms with van der Waals surface area (Å²) < 4.78 is 4.65. The van der Waals surface area contributed by atoms with Crippen LogP contribution in [0.3, 0.4) is 0 Å². The zero-order chi connectivity index (χ0) is 8.85. The lowest BCUT2D eigenvalue weighted by atomic mass is 10.2. The Morgan fingerprint density at radius 3 is 2.64 bits per heavy atom. The molecule has 0 amide bonds. The molecule has 0 bridgehead atoms. The van der Waals surface area contributed by atoms with E-state index in [0.717, 1.165) is 6.08 Å².